The highest BCUT2D eigenvalue weighted by Gasteiger charge is 2.28. The standard InChI is InChI=1S/C15H19N5/c1-10-5-3-6-11(2)19(10)20-13-8-4-7-12(9-16)14(13)18-15(20)17/h4,7-8,10-11H,3,5-6H2,1-2H3,(H2,17,18). The molecular weight excluding hydrogens is 250 g/mol. The molecule has 1 aromatic carbocycles. The van der Waals surface area contributed by atoms with E-state index in [0.29, 0.717) is 29.1 Å². The van der Waals surface area contributed by atoms with Gasteiger partial charge in [0.15, 0.2) is 0 Å². The topological polar surface area (TPSA) is 70.9 Å². The third kappa shape index (κ3) is 1.80. The molecule has 1 aromatic heterocycles. The van der Waals surface area contributed by atoms with Crippen molar-refractivity contribution >= 4 is 17.0 Å². The minimum absolute atomic E-state index is 0.421. The summed E-state index contributed by atoms with van der Waals surface area (Å²) in [6.07, 6.45) is 3.55. The van der Waals surface area contributed by atoms with Crippen molar-refractivity contribution in [2.24, 2.45) is 0 Å². The van der Waals surface area contributed by atoms with Gasteiger partial charge in [0.1, 0.15) is 11.6 Å². The Kier molecular flexibility index (Phi) is 3.01. The summed E-state index contributed by atoms with van der Waals surface area (Å²) >= 11 is 0. The van der Waals surface area contributed by atoms with Gasteiger partial charge in [-0.2, -0.15) is 5.26 Å². The number of nitrogens with zero attached hydrogens (tertiary/aromatic N) is 4. The lowest BCUT2D eigenvalue weighted by Crippen LogP contribution is -2.51. The first kappa shape index (κ1) is 12.8. The molecule has 2 aromatic rings. The molecule has 1 aliphatic rings. The molecule has 2 heterocycles. The van der Waals surface area contributed by atoms with Gasteiger partial charge in [0.2, 0.25) is 5.95 Å². The van der Waals surface area contributed by atoms with Crippen molar-refractivity contribution in [2.45, 2.75) is 45.2 Å². The summed E-state index contributed by atoms with van der Waals surface area (Å²) in [5.41, 5.74) is 8.32. The number of fused-ring (bicyclic) bond motifs is 1. The van der Waals surface area contributed by atoms with Gasteiger partial charge in [0.25, 0.3) is 0 Å². The first-order valence-corrected chi connectivity index (χ1v) is 7.09. The summed E-state index contributed by atoms with van der Waals surface area (Å²) in [6, 6.07) is 8.67. The van der Waals surface area contributed by atoms with Crippen molar-refractivity contribution in [1.29, 1.82) is 5.26 Å². The Labute approximate surface area is 118 Å². The average molecular weight is 269 g/mol. The molecule has 5 heteroatoms. The molecule has 0 saturated carbocycles. The third-order valence-corrected chi connectivity index (χ3v) is 4.18. The quantitative estimate of drug-likeness (QED) is 0.863. The van der Waals surface area contributed by atoms with Gasteiger partial charge in [0.05, 0.1) is 11.1 Å². The molecule has 1 saturated heterocycles. The Morgan fingerprint density at radius 1 is 1.30 bits per heavy atom. The van der Waals surface area contributed by atoms with Crippen LogP contribution in [0.1, 0.15) is 38.7 Å². The van der Waals surface area contributed by atoms with Crippen LogP contribution in [0, 0.1) is 11.3 Å². The van der Waals surface area contributed by atoms with Crippen LogP contribution in [0.3, 0.4) is 0 Å². The second-order valence-electron chi connectivity index (χ2n) is 5.58. The van der Waals surface area contributed by atoms with E-state index in [1.807, 2.05) is 16.8 Å². The zero-order valence-corrected chi connectivity index (χ0v) is 11.9. The number of piperidine rings is 1. The largest absolute Gasteiger partial charge is 0.368 e. The van der Waals surface area contributed by atoms with Gasteiger partial charge in [-0.05, 0) is 45.2 Å². The molecule has 1 aliphatic heterocycles. The summed E-state index contributed by atoms with van der Waals surface area (Å²) < 4.78 is 1.99. The summed E-state index contributed by atoms with van der Waals surface area (Å²) in [6.45, 7) is 4.43. The highest BCUT2D eigenvalue weighted by atomic mass is 15.6. The smallest absolute Gasteiger partial charge is 0.220 e. The fourth-order valence-corrected chi connectivity index (χ4v) is 3.24. The molecule has 2 unspecified atom stereocenters. The lowest BCUT2D eigenvalue weighted by atomic mass is 10.00. The number of hydrogen-bond acceptors (Lipinski definition) is 4. The molecule has 0 radical (unpaired) electrons. The highest BCUT2D eigenvalue weighted by molar-refractivity contribution is 5.84. The predicted octanol–water partition coefficient (Wildman–Crippen LogP) is 2.39. The van der Waals surface area contributed by atoms with Crippen molar-refractivity contribution in [3.8, 4) is 6.07 Å². The lowest BCUT2D eigenvalue weighted by Gasteiger charge is -2.41. The zero-order chi connectivity index (χ0) is 14.3. The minimum Gasteiger partial charge on any atom is -0.368 e. The average Bonchev–Trinajstić information content (AvgIpc) is 2.75. The number of imidazole rings is 1. The van der Waals surface area contributed by atoms with Gasteiger partial charge in [-0.25, -0.2) is 9.66 Å². The summed E-state index contributed by atoms with van der Waals surface area (Å²) in [5.74, 6) is 0.461. The normalized spacial score (nSPS) is 22.9. The van der Waals surface area contributed by atoms with E-state index in [1.165, 1.54) is 6.42 Å². The third-order valence-electron chi connectivity index (χ3n) is 4.18. The van der Waals surface area contributed by atoms with Gasteiger partial charge >= 0.3 is 0 Å². The van der Waals surface area contributed by atoms with E-state index < -0.39 is 0 Å². The number of benzene rings is 1. The van der Waals surface area contributed by atoms with Crippen LogP contribution < -0.4 is 10.7 Å². The van der Waals surface area contributed by atoms with Crippen LogP contribution in [-0.4, -0.2) is 21.7 Å². The van der Waals surface area contributed by atoms with Crippen molar-refractivity contribution in [2.75, 3.05) is 10.7 Å². The highest BCUT2D eigenvalue weighted by Crippen LogP contribution is 2.27. The number of para-hydroxylation sites is 1. The molecule has 1 fully saturated rings. The van der Waals surface area contributed by atoms with Crippen molar-refractivity contribution in [3.05, 3.63) is 23.8 Å². The van der Waals surface area contributed by atoms with Crippen LogP contribution in [0.5, 0.6) is 0 Å². The van der Waals surface area contributed by atoms with Gasteiger partial charge in [-0.3, -0.25) is 0 Å². The van der Waals surface area contributed by atoms with Crippen LogP contribution >= 0.6 is 0 Å². The molecule has 0 amide bonds. The Balaban J connectivity index is 2.21. The zero-order valence-electron chi connectivity index (χ0n) is 11.9. The van der Waals surface area contributed by atoms with Crippen molar-refractivity contribution < 1.29 is 0 Å². The van der Waals surface area contributed by atoms with Crippen molar-refractivity contribution in [3.63, 3.8) is 0 Å². The molecule has 5 nitrogen and oxygen atoms in total. The van der Waals surface area contributed by atoms with E-state index in [9.17, 15) is 5.26 Å². The van der Waals surface area contributed by atoms with Crippen LogP contribution in [0.4, 0.5) is 5.95 Å². The molecule has 0 bridgehead atoms. The maximum absolute atomic E-state index is 9.20. The molecule has 3 rings (SSSR count). The van der Waals surface area contributed by atoms with E-state index in [-0.39, 0.29) is 0 Å². The van der Waals surface area contributed by atoms with Gasteiger partial charge in [-0.1, -0.05) is 6.07 Å². The van der Waals surface area contributed by atoms with Crippen molar-refractivity contribution in [1.82, 2.24) is 9.66 Å². The Morgan fingerprint density at radius 3 is 2.65 bits per heavy atom. The Hall–Kier alpha value is -2.22. The second-order valence-corrected chi connectivity index (χ2v) is 5.58. The Morgan fingerprint density at radius 2 is 2.00 bits per heavy atom. The molecule has 2 atom stereocenters. The monoisotopic (exact) mass is 269 g/mol. The van der Waals surface area contributed by atoms with E-state index >= 15 is 0 Å². The van der Waals surface area contributed by atoms with E-state index in [4.69, 9.17) is 5.73 Å². The van der Waals surface area contributed by atoms with Crippen LogP contribution in [0.2, 0.25) is 0 Å². The lowest BCUT2D eigenvalue weighted by molar-refractivity contribution is 0.343. The van der Waals surface area contributed by atoms with E-state index in [0.717, 1.165) is 18.4 Å². The molecular formula is C15H19N5. The molecule has 0 spiro atoms. The van der Waals surface area contributed by atoms with Crippen LogP contribution in [-0.2, 0) is 0 Å². The molecule has 2 N–H and O–H groups in total. The number of nitrogens with two attached hydrogens (primary N) is 1. The fourth-order valence-electron chi connectivity index (χ4n) is 3.24. The van der Waals surface area contributed by atoms with E-state index in [2.05, 4.69) is 29.9 Å². The number of nitrogen functional groups attached to an aromatic ring is 1. The van der Waals surface area contributed by atoms with Gasteiger partial charge in [-0.15, -0.1) is 0 Å². The predicted molar refractivity (Wildman–Crippen MR) is 79.9 cm³/mol. The second kappa shape index (κ2) is 4.71. The number of anilines is 1. The number of nitriles is 1. The summed E-state index contributed by atoms with van der Waals surface area (Å²) in [4.78, 5) is 4.40. The first-order chi connectivity index (χ1) is 9.63. The number of aromatic nitrogens is 2. The molecule has 0 aliphatic carbocycles. The maximum Gasteiger partial charge on any atom is 0.220 e. The SMILES string of the molecule is CC1CCCC(C)N1n1c(N)nc2c(C#N)cccc21. The van der Waals surface area contributed by atoms with Gasteiger partial charge < -0.3 is 10.7 Å². The van der Waals surface area contributed by atoms with Crippen LogP contribution in [0.25, 0.3) is 11.0 Å². The fraction of sp³-hybridized carbons (Fsp3) is 0.467. The molecule has 104 valence electrons. The van der Waals surface area contributed by atoms with Crippen LogP contribution in [0.15, 0.2) is 18.2 Å². The summed E-state index contributed by atoms with van der Waals surface area (Å²) in [7, 11) is 0. The molecule has 20 heavy (non-hydrogen) atoms. The van der Waals surface area contributed by atoms with E-state index in [1.54, 1.807) is 6.07 Å². The Bertz CT molecular complexity index is 671. The maximum atomic E-state index is 9.20. The summed E-state index contributed by atoms with van der Waals surface area (Å²) in [5, 5.41) is 11.5. The van der Waals surface area contributed by atoms with Gasteiger partial charge in [0, 0.05) is 12.1 Å². The number of hydrogen-bond donors (Lipinski definition) is 1. The number of rotatable bonds is 1. The minimum atomic E-state index is 0.421. The first-order valence-electron chi connectivity index (χ1n) is 7.09.